The van der Waals surface area contributed by atoms with Gasteiger partial charge in [-0.1, -0.05) is 0 Å². The number of carbonyl (C=O) groups is 1. The number of anilines is 1. The van der Waals surface area contributed by atoms with Crippen molar-refractivity contribution in [1.29, 1.82) is 0 Å². The van der Waals surface area contributed by atoms with Gasteiger partial charge in [0.25, 0.3) is 0 Å². The van der Waals surface area contributed by atoms with Crippen molar-refractivity contribution in [3.05, 3.63) is 23.9 Å². The molecule has 3 heterocycles. The molecule has 7 nitrogen and oxygen atoms in total. The quantitative estimate of drug-likeness (QED) is 0.812. The summed E-state index contributed by atoms with van der Waals surface area (Å²) in [5.41, 5.74) is 0.954. The summed E-state index contributed by atoms with van der Waals surface area (Å²) in [6, 6.07) is 3.61. The fourth-order valence-electron chi connectivity index (χ4n) is 3.65. The van der Waals surface area contributed by atoms with Crippen molar-refractivity contribution < 1.29 is 18.0 Å². The summed E-state index contributed by atoms with van der Waals surface area (Å²) in [6.07, 6.45) is -1.93. The van der Waals surface area contributed by atoms with Gasteiger partial charge < -0.3 is 20.0 Å². The number of piperazine rings is 1. The lowest BCUT2D eigenvalue weighted by atomic mass is 10.2. The van der Waals surface area contributed by atoms with Crippen LogP contribution in [-0.4, -0.2) is 97.8 Å². The number of alkyl halides is 3. The lowest BCUT2D eigenvalue weighted by molar-refractivity contribution is -0.145. The molecule has 1 N–H and O–H groups in total. The predicted molar refractivity (Wildman–Crippen MR) is 105 cm³/mol. The molecule has 1 aromatic rings. The second-order valence-corrected chi connectivity index (χ2v) is 7.70. The zero-order chi connectivity index (χ0) is 20.9. The van der Waals surface area contributed by atoms with Crippen LogP contribution in [0.4, 0.5) is 23.8 Å². The summed E-state index contributed by atoms with van der Waals surface area (Å²) in [7, 11) is 2.10. The lowest BCUT2D eigenvalue weighted by Gasteiger charge is -2.33. The Morgan fingerprint density at radius 1 is 1.10 bits per heavy atom. The van der Waals surface area contributed by atoms with Gasteiger partial charge in [0.1, 0.15) is 5.82 Å². The van der Waals surface area contributed by atoms with Crippen LogP contribution < -0.4 is 10.2 Å². The summed E-state index contributed by atoms with van der Waals surface area (Å²) in [4.78, 5) is 24.4. The van der Waals surface area contributed by atoms with Crippen molar-refractivity contribution in [2.75, 3.05) is 70.9 Å². The van der Waals surface area contributed by atoms with E-state index < -0.39 is 12.7 Å². The van der Waals surface area contributed by atoms with Crippen LogP contribution >= 0.6 is 0 Å². The molecule has 0 atom stereocenters. The van der Waals surface area contributed by atoms with E-state index >= 15 is 0 Å². The Morgan fingerprint density at radius 2 is 1.86 bits per heavy atom. The highest BCUT2D eigenvalue weighted by Gasteiger charge is 2.31. The first-order chi connectivity index (χ1) is 13.8. The molecule has 1 aromatic heterocycles. The number of amides is 2. The molecule has 29 heavy (non-hydrogen) atoms. The lowest BCUT2D eigenvalue weighted by Crippen LogP contribution is -2.45. The normalized spacial score (nSPS) is 19.9. The number of pyridine rings is 1. The minimum atomic E-state index is -4.21. The van der Waals surface area contributed by atoms with Crippen molar-refractivity contribution >= 4 is 11.8 Å². The zero-order valence-electron chi connectivity index (χ0n) is 16.8. The molecule has 0 aromatic carbocycles. The van der Waals surface area contributed by atoms with E-state index in [0.29, 0.717) is 32.6 Å². The van der Waals surface area contributed by atoms with Gasteiger partial charge >= 0.3 is 12.2 Å². The number of urea groups is 1. The van der Waals surface area contributed by atoms with E-state index in [0.717, 1.165) is 37.6 Å². The van der Waals surface area contributed by atoms with Crippen LogP contribution in [0.5, 0.6) is 0 Å². The first-order valence-electron chi connectivity index (χ1n) is 10.0. The Bertz CT molecular complexity index is 678. The van der Waals surface area contributed by atoms with Gasteiger partial charge in [-0.05, 0) is 31.2 Å². The summed E-state index contributed by atoms with van der Waals surface area (Å²) in [5.74, 6) is 0.905. The molecule has 2 amide bonds. The van der Waals surface area contributed by atoms with E-state index in [1.807, 2.05) is 12.1 Å². The Balaban J connectivity index is 1.48. The maximum absolute atomic E-state index is 12.6. The molecule has 0 saturated carbocycles. The maximum atomic E-state index is 12.6. The Labute approximate surface area is 169 Å². The molecule has 2 aliphatic heterocycles. The Hall–Kier alpha value is -2.07. The Morgan fingerprint density at radius 3 is 2.59 bits per heavy atom. The van der Waals surface area contributed by atoms with Crippen LogP contribution in [0.15, 0.2) is 18.3 Å². The number of nitrogens with one attached hydrogen (secondary N) is 1. The third kappa shape index (κ3) is 6.74. The third-order valence-corrected chi connectivity index (χ3v) is 5.36. The molecular weight excluding hydrogens is 385 g/mol. The van der Waals surface area contributed by atoms with Gasteiger partial charge in [0.15, 0.2) is 0 Å². The van der Waals surface area contributed by atoms with E-state index in [1.165, 1.54) is 4.90 Å². The molecule has 162 valence electrons. The van der Waals surface area contributed by atoms with Crippen LogP contribution in [0.2, 0.25) is 0 Å². The first kappa shape index (κ1) is 21.6. The minimum Gasteiger partial charge on any atom is -0.354 e. The number of nitrogens with zero attached hydrogens (tertiary/aromatic N) is 5. The average molecular weight is 414 g/mol. The molecule has 0 unspecified atom stereocenters. The van der Waals surface area contributed by atoms with Crippen LogP contribution in [-0.2, 0) is 6.54 Å². The van der Waals surface area contributed by atoms with Crippen molar-refractivity contribution in [3.63, 3.8) is 0 Å². The molecule has 2 aliphatic rings. The van der Waals surface area contributed by atoms with Crippen molar-refractivity contribution in [2.24, 2.45) is 0 Å². The van der Waals surface area contributed by atoms with Crippen LogP contribution in [0, 0.1) is 0 Å². The monoisotopic (exact) mass is 414 g/mol. The van der Waals surface area contributed by atoms with E-state index in [1.54, 1.807) is 11.1 Å². The fourth-order valence-corrected chi connectivity index (χ4v) is 3.65. The summed E-state index contributed by atoms with van der Waals surface area (Å²) < 4.78 is 37.7. The van der Waals surface area contributed by atoms with Gasteiger partial charge in [-0.2, -0.15) is 13.2 Å². The molecule has 10 heteroatoms. The standard InChI is InChI=1S/C19H29F3N6O/c1-25-7-10-27(11-8-25)17-13-16(3-4-23-17)14-24-18(29)28-6-2-5-26(9-12-28)15-19(20,21)22/h3-4,13H,2,5-12,14-15H2,1H3,(H,24,29). The third-order valence-electron chi connectivity index (χ3n) is 5.36. The molecule has 0 spiro atoms. The molecule has 3 rings (SSSR count). The maximum Gasteiger partial charge on any atom is 0.401 e. The molecular formula is C19H29F3N6O. The summed E-state index contributed by atoms with van der Waals surface area (Å²) >= 11 is 0. The van der Waals surface area contributed by atoms with E-state index in [9.17, 15) is 18.0 Å². The fraction of sp³-hybridized carbons (Fsp3) is 0.684. The number of hydrogen-bond donors (Lipinski definition) is 1. The topological polar surface area (TPSA) is 55.0 Å². The van der Waals surface area contributed by atoms with Crippen LogP contribution in [0.1, 0.15) is 12.0 Å². The molecule has 0 bridgehead atoms. The van der Waals surface area contributed by atoms with Crippen LogP contribution in [0.3, 0.4) is 0 Å². The van der Waals surface area contributed by atoms with Gasteiger partial charge in [0, 0.05) is 65.1 Å². The molecule has 0 aliphatic carbocycles. The van der Waals surface area contributed by atoms with Gasteiger partial charge in [-0.15, -0.1) is 0 Å². The number of hydrogen-bond acceptors (Lipinski definition) is 5. The van der Waals surface area contributed by atoms with Gasteiger partial charge in [0.2, 0.25) is 0 Å². The number of rotatable bonds is 4. The molecule has 2 fully saturated rings. The highest BCUT2D eigenvalue weighted by molar-refractivity contribution is 5.74. The predicted octanol–water partition coefficient (Wildman–Crippen LogP) is 1.61. The zero-order valence-corrected chi connectivity index (χ0v) is 16.8. The smallest absolute Gasteiger partial charge is 0.354 e. The van der Waals surface area contributed by atoms with Gasteiger partial charge in [-0.3, -0.25) is 4.90 Å². The second kappa shape index (κ2) is 9.62. The van der Waals surface area contributed by atoms with E-state index in [-0.39, 0.29) is 12.6 Å². The van der Waals surface area contributed by atoms with Crippen LogP contribution in [0.25, 0.3) is 0 Å². The van der Waals surface area contributed by atoms with Gasteiger partial charge in [0.05, 0.1) is 6.54 Å². The highest BCUT2D eigenvalue weighted by Crippen LogP contribution is 2.18. The number of halogens is 3. The number of carbonyl (C=O) groups excluding carboxylic acids is 1. The highest BCUT2D eigenvalue weighted by atomic mass is 19.4. The van der Waals surface area contributed by atoms with E-state index in [4.69, 9.17) is 0 Å². The van der Waals surface area contributed by atoms with Crippen molar-refractivity contribution in [1.82, 2.24) is 25.0 Å². The molecule has 2 saturated heterocycles. The first-order valence-corrected chi connectivity index (χ1v) is 10.0. The van der Waals surface area contributed by atoms with Crippen molar-refractivity contribution in [2.45, 2.75) is 19.1 Å². The molecule has 0 radical (unpaired) electrons. The number of likely N-dealkylation sites (N-methyl/N-ethyl adjacent to an activating group) is 1. The largest absolute Gasteiger partial charge is 0.401 e. The summed E-state index contributed by atoms with van der Waals surface area (Å²) in [6.45, 7) is 4.60. The van der Waals surface area contributed by atoms with Crippen molar-refractivity contribution in [3.8, 4) is 0 Å². The minimum absolute atomic E-state index is 0.232. The Kier molecular flexibility index (Phi) is 7.18. The second-order valence-electron chi connectivity index (χ2n) is 7.70. The summed E-state index contributed by atoms with van der Waals surface area (Å²) in [5, 5.41) is 2.89. The number of aromatic nitrogens is 1. The average Bonchev–Trinajstić information content (AvgIpc) is 2.91. The SMILES string of the molecule is CN1CCN(c2cc(CNC(=O)N3CCCN(CC(F)(F)F)CC3)ccn2)CC1. The van der Waals surface area contributed by atoms with E-state index in [2.05, 4.69) is 27.1 Å². The van der Waals surface area contributed by atoms with Gasteiger partial charge in [-0.25, -0.2) is 9.78 Å².